The molecule has 0 aliphatic heterocycles. The first kappa shape index (κ1) is 14.0. The highest BCUT2D eigenvalue weighted by Crippen LogP contribution is 1.76. The summed E-state index contributed by atoms with van der Waals surface area (Å²) in [4.78, 5) is 19.9. The standard InChI is InChI=1S/C5H6O4.C4H8/c1-9-5(8)3-2-4(6)7;1-4(2)3/h2-3H,1H3,(H,6,7);1H2,2-3H3/b3-2-;. The van der Waals surface area contributed by atoms with Gasteiger partial charge in [0.1, 0.15) is 0 Å². The Labute approximate surface area is 77.5 Å². The third-order valence-electron chi connectivity index (χ3n) is 0.563. The number of esters is 1. The molecule has 0 saturated carbocycles. The van der Waals surface area contributed by atoms with Gasteiger partial charge in [-0.15, -0.1) is 6.58 Å². The van der Waals surface area contributed by atoms with Crippen molar-refractivity contribution in [2.24, 2.45) is 0 Å². The van der Waals surface area contributed by atoms with Crippen molar-refractivity contribution in [1.82, 2.24) is 0 Å². The predicted octanol–water partition coefficient (Wildman–Crippen LogP) is 1.38. The van der Waals surface area contributed by atoms with Crippen molar-refractivity contribution in [1.29, 1.82) is 0 Å². The summed E-state index contributed by atoms with van der Waals surface area (Å²) < 4.78 is 4.11. The van der Waals surface area contributed by atoms with E-state index in [1.54, 1.807) is 0 Å². The Morgan fingerprint density at radius 3 is 1.92 bits per heavy atom. The second kappa shape index (κ2) is 8.52. The van der Waals surface area contributed by atoms with E-state index in [2.05, 4.69) is 11.3 Å². The summed E-state index contributed by atoms with van der Waals surface area (Å²) in [6.45, 7) is 7.50. The summed E-state index contributed by atoms with van der Waals surface area (Å²) in [6.07, 6.45) is 1.55. The van der Waals surface area contributed by atoms with E-state index < -0.39 is 11.9 Å². The highest BCUT2D eigenvalue weighted by molar-refractivity contribution is 5.90. The van der Waals surface area contributed by atoms with Crippen LogP contribution in [-0.2, 0) is 14.3 Å². The molecule has 1 N–H and O–H groups in total. The average molecular weight is 186 g/mol. The molecule has 0 spiro atoms. The van der Waals surface area contributed by atoms with Gasteiger partial charge >= 0.3 is 11.9 Å². The molecule has 0 saturated heterocycles. The molecule has 0 atom stereocenters. The smallest absolute Gasteiger partial charge is 0.330 e. The number of carboxylic acids is 1. The molecule has 0 aromatic carbocycles. The minimum Gasteiger partial charge on any atom is -0.478 e. The Bertz CT molecular complexity index is 212. The first-order valence-electron chi connectivity index (χ1n) is 3.51. The molecule has 13 heavy (non-hydrogen) atoms. The monoisotopic (exact) mass is 186 g/mol. The van der Waals surface area contributed by atoms with E-state index in [0.29, 0.717) is 6.08 Å². The van der Waals surface area contributed by atoms with E-state index in [-0.39, 0.29) is 0 Å². The molecule has 0 fully saturated rings. The van der Waals surface area contributed by atoms with Crippen molar-refractivity contribution in [3.05, 3.63) is 24.3 Å². The Morgan fingerprint density at radius 2 is 1.69 bits per heavy atom. The molecular formula is C9H14O4. The Kier molecular flexibility index (Phi) is 9.15. The van der Waals surface area contributed by atoms with Crippen molar-refractivity contribution < 1.29 is 19.4 Å². The van der Waals surface area contributed by atoms with Crippen molar-refractivity contribution in [2.75, 3.05) is 7.11 Å². The lowest BCUT2D eigenvalue weighted by Gasteiger charge is -1.85. The number of hydrogen-bond donors (Lipinski definition) is 1. The van der Waals surface area contributed by atoms with Crippen LogP contribution in [0.15, 0.2) is 24.3 Å². The molecule has 0 heterocycles. The van der Waals surface area contributed by atoms with E-state index in [1.165, 1.54) is 12.7 Å². The van der Waals surface area contributed by atoms with E-state index in [4.69, 9.17) is 5.11 Å². The van der Waals surface area contributed by atoms with Crippen molar-refractivity contribution in [2.45, 2.75) is 13.8 Å². The van der Waals surface area contributed by atoms with Gasteiger partial charge in [0.2, 0.25) is 0 Å². The number of aliphatic carboxylic acids is 1. The first-order chi connectivity index (χ1) is 5.90. The summed E-state index contributed by atoms with van der Waals surface area (Å²) >= 11 is 0. The van der Waals surface area contributed by atoms with Gasteiger partial charge in [-0.2, -0.15) is 0 Å². The zero-order valence-corrected chi connectivity index (χ0v) is 8.03. The number of hydrogen-bond acceptors (Lipinski definition) is 3. The van der Waals surface area contributed by atoms with Crippen LogP contribution in [0.5, 0.6) is 0 Å². The Balaban J connectivity index is 0. The highest BCUT2D eigenvalue weighted by Gasteiger charge is 1.91. The maximum atomic E-state index is 10.1. The quantitative estimate of drug-likeness (QED) is 0.402. The van der Waals surface area contributed by atoms with Gasteiger partial charge in [-0.05, 0) is 13.8 Å². The molecule has 0 aromatic heterocycles. The fraction of sp³-hybridized carbons (Fsp3) is 0.333. The lowest BCUT2D eigenvalue weighted by molar-refractivity contribution is -0.136. The summed E-state index contributed by atoms with van der Waals surface area (Å²) in [7, 11) is 1.18. The number of carbonyl (C=O) groups is 2. The number of methoxy groups -OCH3 is 1. The predicted molar refractivity (Wildman–Crippen MR) is 49.3 cm³/mol. The van der Waals surface area contributed by atoms with Crippen LogP contribution < -0.4 is 0 Å². The van der Waals surface area contributed by atoms with Crippen LogP contribution in [0.1, 0.15) is 13.8 Å². The SMILES string of the molecule is C=C(C)C.COC(=O)/C=C\C(=O)O. The third kappa shape index (κ3) is 25.1. The van der Waals surface area contributed by atoms with Crippen molar-refractivity contribution >= 4 is 11.9 Å². The van der Waals surface area contributed by atoms with Gasteiger partial charge in [0.15, 0.2) is 0 Å². The highest BCUT2D eigenvalue weighted by atomic mass is 16.5. The number of carbonyl (C=O) groups excluding carboxylic acids is 1. The second-order valence-corrected chi connectivity index (χ2v) is 2.40. The van der Waals surface area contributed by atoms with Crippen LogP contribution in [0, 0.1) is 0 Å². The second-order valence-electron chi connectivity index (χ2n) is 2.40. The lowest BCUT2D eigenvalue weighted by Crippen LogP contribution is -1.96. The van der Waals surface area contributed by atoms with Crippen LogP contribution in [0.4, 0.5) is 0 Å². The molecule has 4 nitrogen and oxygen atoms in total. The van der Waals surface area contributed by atoms with Crippen molar-refractivity contribution in [3.63, 3.8) is 0 Å². The minimum atomic E-state index is -1.17. The Morgan fingerprint density at radius 1 is 1.31 bits per heavy atom. The lowest BCUT2D eigenvalue weighted by atomic mass is 10.4. The topological polar surface area (TPSA) is 63.6 Å². The van der Waals surface area contributed by atoms with Gasteiger partial charge in [0.05, 0.1) is 7.11 Å². The molecule has 0 aromatic rings. The number of allylic oxidation sites excluding steroid dienone is 1. The zero-order valence-electron chi connectivity index (χ0n) is 8.03. The van der Waals surface area contributed by atoms with Crippen LogP contribution in [0.3, 0.4) is 0 Å². The maximum Gasteiger partial charge on any atom is 0.330 e. The Hall–Kier alpha value is -1.58. The molecule has 0 aliphatic carbocycles. The normalized spacial score (nSPS) is 8.54. The molecular weight excluding hydrogens is 172 g/mol. The molecule has 0 aliphatic rings. The van der Waals surface area contributed by atoms with E-state index >= 15 is 0 Å². The molecule has 0 rings (SSSR count). The maximum absolute atomic E-state index is 10.1. The largest absolute Gasteiger partial charge is 0.478 e. The van der Waals surface area contributed by atoms with E-state index in [9.17, 15) is 9.59 Å². The number of rotatable bonds is 2. The zero-order chi connectivity index (χ0) is 10.9. The molecule has 0 bridgehead atoms. The van der Waals surface area contributed by atoms with Gasteiger partial charge in [-0.25, -0.2) is 9.59 Å². The van der Waals surface area contributed by atoms with Gasteiger partial charge in [0.25, 0.3) is 0 Å². The van der Waals surface area contributed by atoms with Gasteiger partial charge in [-0.3, -0.25) is 0 Å². The fourth-order valence-corrected chi connectivity index (χ4v) is 0.207. The first-order valence-corrected chi connectivity index (χ1v) is 3.51. The summed E-state index contributed by atoms with van der Waals surface area (Å²) in [5.41, 5.74) is 1.17. The van der Waals surface area contributed by atoms with E-state index in [0.717, 1.165) is 6.08 Å². The van der Waals surface area contributed by atoms with E-state index in [1.807, 2.05) is 13.8 Å². The van der Waals surface area contributed by atoms with Gasteiger partial charge < -0.3 is 9.84 Å². The van der Waals surface area contributed by atoms with Crippen LogP contribution in [0.2, 0.25) is 0 Å². The number of ether oxygens (including phenoxy) is 1. The van der Waals surface area contributed by atoms with Gasteiger partial charge in [-0.1, -0.05) is 5.57 Å². The van der Waals surface area contributed by atoms with Crippen LogP contribution in [-0.4, -0.2) is 24.2 Å². The average Bonchev–Trinajstić information content (AvgIpc) is 1.99. The minimum absolute atomic E-state index is 0.669. The third-order valence-corrected chi connectivity index (χ3v) is 0.563. The fourth-order valence-electron chi connectivity index (χ4n) is 0.207. The molecule has 74 valence electrons. The summed E-state index contributed by atoms with van der Waals surface area (Å²) in [5.74, 6) is -1.84. The molecule has 0 radical (unpaired) electrons. The summed E-state index contributed by atoms with van der Waals surface area (Å²) in [5, 5.41) is 7.96. The van der Waals surface area contributed by atoms with Gasteiger partial charge in [0, 0.05) is 12.2 Å². The summed E-state index contributed by atoms with van der Waals surface area (Å²) in [6, 6.07) is 0. The molecule has 0 unspecified atom stereocenters. The number of carboxylic acid groups (broad SMARTS) is 1. The molecule has 0 amide bonds. The van der Waals surface area contributed by atoms with Crippen molar-refractivity contribution in [3.8, 4) is 0 Å². The van der Waals surface area contributed by atoms with Crippen LogP contribution >= 0.6 is 0 Å². The van der Waals surface area contributed by atoms with Crippen LogP contribution in [0.25, 0.3) is 0 Å². The molecule has 4 heteroatoms.